The zero-order valence-electron chi connectivity index (χ0n) is 15.5. The van der Waals surface area contributed by atoms with Crippen LogP contribution in [0.2, 0.25) is 5.15 Å². The molecule has 0 unspecified atom stereocenters. The molecule has 3 rings (SSSR count). The van der Waals surface area contributed by atoms with Gasteiger partial charge in [-0.05, 0) is 42.7 Å². The molecule has 2 aromatic heterocycles. The monoisotopic (exact) mass is 430 g/mol. The summed E-state index contributed by atoms with van der Waals surface area (Å²) in [5, 5.41) is 17.9. The SMILES string of the molecule is CSc1c(Cl)nc(-c2ccc(NC(=O)Nc3cccnc3)cc2)nc1NCCO. The third-order valence-corrected chi connectivity index (χ3v) is 4.93. The summed E-state index contributed by atoms with van der Waals surface area (Å²) in [6, 6.07) is 10.2. The highest BCUT2D eigenvalue weighted by Crippen LogP contribution is 2.32. The average Bonchev–Trinajstić information content (AvgIpc) is 2.73. The molecule has 0 saturated heterocycles. The lowest BCUT2D eigenvalue weighted by molar-refractivity contribution is 0.262. The lowest BCUT2D eigenvalue weighted by atomic mass is 10.2. The van der Waals surface area contributed by atoms with Crippen LogP contribution in [-0.2, 0) is 0 Å². The van der Waals surface area contributed by atoms with Crippen LogP contribution >= 0.6 is 23.4 Å². The second-order valence-corrected chi connectivity index (χ2v) is 6.94. The van der Waals surface area contributed by atoms with E-state index < -0.39 is 0 Å². The Kier molecular flexibility index (Phi) is 7.23. The number of benzene rings is 1. The molecule has 1 aromatic carbocycles. The molecule has 2 heterocycles. The van der Waals surface area contributed by atoms with Crippen LogP contribution in [0.4, 0.5) is 22.0 Å². The number of aromatic nitrogens is 3. The molecule has 0 fully saturated rings. The molecule has 8 nitrogen and oxygen atoms in total. The fourth-order valence-electron chi connectivity index (χ4n) is 2.46. The van der Waals surface area contributed by atoms with E-state index in [0.29, 0.717) is 39.6 Å². The van der Waals surface area contributed by atoms with Crippen molar-refractivity contribution in [1.82, 2.24) is 15.0 Å². The largest absolute Gasteiger partial charge is 0.395 e. The molecule has 2 amide bonds. The Hall–Kier alpha value is -2.88. The van der Waals surface area contributed by atoms with Crippen LogP contribution in [0.5, 0.6) is 0 Å². The Bertz CT molecular complexity index is 972. The number of anilines is 3. The van der Waals surface area contributed by atoms with E-state index in [4.69, 9.17) is 16.7 Å². The number of halogens is 1. The summed E-state index contributed by atoms with van der Waals surface area (Å²) in [5.41, 5.74) is 1.95. The first kappa shape index (κ1) is 20.8. The van der Waals surface area contributed by atoms with Gasteiger partial charge in [0.2, 0.25) is 0 Å². The maximum atomic E-state index is 12.1. The number of carbonyl (C=O) groups is 1. The molecule has 0 aliphatic carbocycles. The number of hydrogen-bond acceptors (Lipinski definition) is 7. The molecule has 0 aliphatic rings. The van der Waals surface area contributed by atoms with Gasteiger partial charge < -0.3 is 21.1 Å². The fourth-order valence-corrected chi connectivity index (χ4v) is 3.39. The second-order valence-electron chi connectivity index (χ2n) is 5.77. The van der Waals surface area contributed by atoms with Gasteiger partial charge in [-0.15, -0.1) is 11.8 Å². The molecule has 0 atom stereocenters. The zero-order valence-corrected chi connectivity index (χ0v) is 17.1. The van der Waals surface area contributed by atoms with Crippen LogP contribution in [0.1, 0.15) is 0 Å². The van der Waals surface area contributed by atoms with Crippen LogP contribution in [0.3, 0.4) is 0 Å². The normalized spacial score (nSPS) is 10.4. The van der Waals surface area contributed by atoms with Crippen molar-refractivity contribution in [3.8, 4) is 11.4 Å². The Balaban J connectivity index is 1.74. The first-order valence-corrected chi connectivity index (χ1v) is 10.3. The van der Waals surface area contributed by atoms with Crippen molar-refractivity contribution in [2.45, 2.75) is 4.90 Å². The van der Waals surface area contributed by atoms with E-state index in [9.17, 15) is 4.79 Å². The quantitative estimate of drug-likeness (QED) is 0.331. The van der Waals surface area contributed by atoms with Crippen LogP contribution in [0, 0.1) is 0 Å². The molecule has 0 aliphatic heterocycles. The summed E-state index contributed by atoms with van der Waals surface area (Å²) in [6.07, 6.45) is 5.07. The van der Waals surface area contributed by atoms with E-state index in [1.54, 1.807) is 48.8 Å². The van der Waals surface area contributed by atoms with Crippen molar-refractivity contribution in [3.63, 3.8) is 0 Å². The minimum atomic E-state index is -0.371. The molecular weight excluding hydrogens is 412 g/mol. The predicted molar refractivity (Wildman–Crippen MR) is 117 cm³/mol. The van der Waals surface area contributed by atoms with Crippen molar-refractivity contribution >= 4 is 46.6 Å². The topological polar surface area (TPSA) is 112 Å². The molecule has 3 aromatic rings. The fraction of sp³-hybridized carbons (Fsp3) is 0.158. The van der Waals surface area contributed by atoms with E-state index in [-0.39, 0.29) is 12.6 Å². The van der Waals surface area contributed by atoms with Gasteiger partial charge in [-0.3, -0.25) is 4.98 Å². The number of aliphatic hydroxyl groups is 1. The summed E-state index contributed by atoms with van der Waals surface area (Å²) >= 11 is 7.72. The molecule has 0 spiro atoms. The molecule has 10 heteroatoms. The number of carbonyl (C=O) groups excluding carboxylic acids is 1. The molecule has 0 saturated carbocycles. The number of nitrogens with one attached hydrogen (secondary N) is 3. The zero-order chi connectivity index (χ0) is 20.6. The Morgan fingerprint density at radius 1 is 1.14 bits per heavy atom. The highest BCUT2D eigenvalue weighted by molar-refractivity contribution is 7.98. The van der Waals surface area contributed by atoms with E-state index in [1.165, 1.54) is 11.8 Å². The van der Waals surface area contributed by atoms with Gasteiger partial charge in [0.05, 0.1) is 23.4 Å². The Morgan fingerprint density at radius 3 is 2.55 bits per heavy atom. The van der Waals surface area contributed by atoms with Gasteiger partial charge in [0.15, 0.2) is 5.82 Å². The first-order chi connectivity index (χ1) is 14.1. The summed E-state index contributed by atoms with van der Waals surface area (Å²) in [4.78, 5) is 25.6. The van der Waals surface area contributed by atoms with Crippen molar-refractivity contribution < 1.29 is 9.90 Å². The van der Waals surface area contributed by atoms with Crippen molar-refractivity contribution in [2.24, 2.45) is 0 Å². The van der Waals surface area contributed by atoms with E-state index >= 15 is 0 Å². The van der Waals surface area contributed by atoms with Crippen molar-refractivity contribution in [2.75, 3.05) is 35.4 Å². The summed E-state index contributed by atoms with van der Waals surface area (Å²) in [7, 11) is 0. The average molecular weight is 431 g/mol. The number of rotatable bonds is 7. The van der Waals surface area contributed by atoms with E-state index in [1.807, 2.05) is 6.26 Å². The number of thioether (sulfide) groups is 1. The van der Waals surface area contributed by atoms with Crippen molar-refractivity contribution in [1.29, 1.82) is 0 Å². The first-order valence-electron chi connectivity index (χ1n) is 8.65. The Labute approximate surface area is 177 Å². The van der Waals surface area contributed by atoms with Gasteiger partial charge in [-0.25, -0.2) is 14.8 Å². The van der Waals surface area contributed by atoms with E-state index in [2.05, 4.69) is 30.9 Å². The lowest BCUT2D eigenvalue weighted by Gasteiger charge is -2.12. The summed E-state index contributed by atoms with van der Waals surface area (Å²) in [5.74, 6) is 1.01. The Morgan fingerprint density at radius 2 is 1.90 bits per heavy atom. The molecule has 4 N–H and O–H groups in total. The molecular formula is C19H19ClN6O2S. The number of aliphatic hydroxyl groups excluding tert-OH is 1. The van der Waals surface area contributed by atoms with Gasteiger partial charge in [0.1, 0.15) is 11.0 Å². The predicted octanol–water partition coefficient (Wildman–Crippen LogP) is 3.96. The van der Waals surface area contributed by atoms with E-state index in [0.717, 1.165) is 5.56 Å². The van der Waals surface area contributed by atoms with Gasteiger partial charge >= 0.3 is 6.03 Å². The van der Waals surface area contributed by atoms with Gasteiger partial charge in [-0.1, -0.05) is 11.6 Å². The number of amides is 2. The summed E-state index contributed by atoms with van der Waals surface area (Å²) in [6.45, 7) is 0.335. The van der Waals surface area contributed by atoms with Crippen LogP contribution in [-0.4, -0.2) is 45.5 Å². The third kappa shape index (κ3) is 5.57. The number of hydrogen-bond donors (Lipinski definition) is 4. The smallest absolute Gasteiger partial charge is 0.323 e. The highest BCUT2D eigenvalue weighted by atomic mass is 35.5. The molecule has 150 valence electrons. The number of pyridine rings is 1. The summed E-state index contributed by atoms with van der Waals surface area (Å²) < 4.78 is 0. The maximum Gasteiger partial charge on any atom is 0.323 e. The minimum absolute atomic E-state index is 0.0216. The second kappa shape index (κ2) is 10.1. The standard InChI is InChI=1S/C19H19ClN6O2S/c1-29-15-16(20)25-17(26-18(15)22-9-10-27)12-4-6-13(7-5-12)23-19(28)24-14-3-2-8-21-11-14/h2-8,11,27H,9-10H2,1H3,(H,22,25,26)(H2,23,24,28). The lowest BCUT2D eigenvalue weighted by Crippen LogP contribution is -2.19. The van der Waals surface area contributed by atoms with Gasteiger partial charge in [0, 0.05) is 24.0 Å². The van der Waals surface area contributed by atoms with Crippen molar-refractivity contribution in [3.05, 3.63) is 53.9 Å². The number of nitrogens with zero attached hydrogens (tertiary/aromatic N) is 3. The third-order valence-electron chi connectivity index (χ3n) is 3.75. The number of urea groups is 1. The maximum absolute atomic E-state index is 12.1. The molecule has 0 radical (unpaired) electrons. The van der Waals surface area contributed by atoms with Crippen LogP contribution in [0.15, 0.2) is 53.7 Å². The molecule has 0 bridgehead atoms. The van der Waals surface area contributed by atoms with Gasteiger partial charge in [-0.2, -0.15) is 0 Å². The van der Waals surface area contributed by atoms with Crippen LogP contribution < -0.4 is 16.0 Å². The minimum Gasteiger partial charge on any atom is -0.395 e. The molecule has 29 heavy (non-hydrogen) atoms. The van der Waals surface area contributed by atoms with Crippen LogP contribution in [0.25, 0.3) is 11.4 Å². The van der Waals surface area contributed by atoms with Gasteiger partial charge in [0.25, 0.3) is 0 Å². The highest BCUT2D eigenvalue weighted by Gasteiger charge is 2.13.